The number of hydrogen-bond donors (Lipinski definition) is 2. The lowest BCUT2D eigenvalue weighted by atomic mass is 10.2. The maximum absolute atomic E-state index is 12.5. The average Bonchev–Trinajstić information content (AvgIpc) is 2.46. The zero-order chi connectivity index (χ0) is 16.3. The predicted molar refractivity (Wildman–Crippen MR) is 74.1 cm³/mol. The molecule has 1 aromatic rings. The Kier molecular flexibility index (Phi) is 4.70. The second-order valence-corrected chi connectivity index (χ2v) is 5.06. The molecule has 2 amide bonds. The third-order valence-electron chi connectivity index (χ3n) is 3.47. The number of carbonyl (C=O) groups excluding carboxylic acids is 2. The van der Waals surface area contributed by atoms with Crippen LogP contribution in [0.1, 0.15) is 12.5 Å². The van der Waals surface area contributed by atoms with Gasteiger partial charge in [-0.2, -0.15) is 13.2 Å². The number of carbonyl (C=O) groups is 2. The van der Waals surface area contributed by atoms with Crippen molar-refractivity contribution < 1.29 is 22.8 Å². The number of amides is 2. The number of hydrogen-bond acceptors (Lipinski definition) is 3. The van der Waals surface area contributed by atoms with E-state index in [1.54, 1.807) is 11.8 Å². The van der Waals surface area contributed by atoms with Gasteiger partial charge in [-0.15, -0.1) is 0 Å². The molecule has 1 saturated heterocycles. The highest BCUT2D eigenvalue weighted by atomic mass is 19.4. The summed E-state index contributed by atoms with van der Waals surface area (Å²) in [5.74, 6) is -0.519. The van der Waals surface area contributed by atoms with Crippen LogP contribution in [0.25, 0.3) is 0 Å². The van der Waals surface area contributed by atoms with E-state index in [4.69, 9.17) is 0 Å². The normalized spacial score (nSPS) is 17.7. The summed E-state index contributed by atoms with van der Waals surface area (Å²) in [6.07, 6.45) is -4.41. The van der Waals surface area contributed by atoms with E-state index in [2.05, 4.69) is 10.6 Å². The van der Waals surface area contributed by atoms with Crippen molar-refractivity contribution in [3.63, 3.8) is 0 Å². The zero-order valence-electron chi connectivity index (χ0n) is 11.9. The first kappa shape index (κ1) is 16.3. The van der Waals surface area contributed by atoms with Crippen LogP contribution in [0, 0.1) is 0 Å². The number of halogens is 3. The third kappa shape index (κ3) is 3.97. The van der Waals surface area contributed by atoms with Gasteiger partial charge in [0, 0.05) is 18.8 Å². The lowest BCUT2D eigenvalue weighted by molar-refractivity contribution is -0.137. The number of benzene rings is 1. The van der Waals surface area contributed by atoms with Crippen LogP contribution in [0.3, 0.4) is 0 Å². The highest BCUT2D eigenvalue weighted by Gasteiger charge is 2.30. The third-order valence-corrected chi connectivity index (χ3v) is 3.47. The van der Waals surface area contributed by atoms with Gasteiger partial charge in [-0.25, -0.2) is 0 Å². The number of nitrogens with one attached hydrogen (secondary N) is 2. The molecule has 2 rings (SSSR count). The van der Waals surface area contributed by atoms with Crippen LogP contribution in [-0.2, 0) is 15.8 Å². The number of rotatable bonds is 3. The zero-order valence-corrected chi connectivity index (χ0v) is 11.9. The largest absolute Gasteiger partial charge is 0.416 e. The molecule has 2 N–H and O–H groups in total. The Morgan fingerprint density at radius 2 is 1.95 bits per heavy atom. The van der Waals surface area contributed by atoms with Crippen molar-refractivity contribution >= 4 is 17.5 Å². The van der Waals surface area contributed by atoms with Gasteiger partial charge in [-0.1, -0.05) is 0 Å². The van der Waals surface area contributed by atoms with Crippen molar-refractivity contribution in [3.05, 3.63) is 29.8 Å². The smallest absolute Gasteiger partial charge is 0.354 e. The van der Waals surface area contributed by atoms with Gasteiger partial charge in [0.2, 0.25) is 11.8 Å². The Labute approximate surface area is 125 Å². The highest BCUT2D eigenvalue weighted by Crippen LogP contribution is 2.29. The Hall–Kier alpha value is -2.09. The van der Waals surface area contributed by atoms with E-state index in [0.717, 1.165) is 12.1 Å². The van der Waals surface area contributed by atoms with E-state index in [1.807, 2.05) is 0 Å². The minimum absolute atomic E-state index is 0.127. The van der Waals surface area contributed by atoms with E-state index in [9.17, 15) is 22.8 Å². The Morgan fingerprint density at radius 1 is 1.32 bits per heavy atom. The molecule has 1 heterocycles. The lowest BCUT2D eigenvalue weighted by Gasteiger charge is -2.31. The number of piperazine rings is 1. The first-order valence-corrected chi connectivity index (χ1v) is 6.76. The molecule has 22 heavy (non-hydrogen) atoms. The topological polar surface area (TPSA) is 61.4 Å². The number of nitrogens with zero attached hydrogens (tertiary/aromatic N) is 1. The van der Waals surface area contributed by atoms with Gasteiger partial charge in [-0.05, 0) is 31.2 Å². The first-order valence-electron chi connectivity index (χ1n) is 6.76. The highest BCUT2D eigenvalue weighted by molar-refractivity contribution is 5.95. The molecule has 1 aliphatic heterocycles. The summed E-state index contributed by atoms with van der Waals surface area (Å²) >= 11 is 0. The van der Waals surface area contributed by atoms with E-state index >= 15 is 0 Å². The van der Waals surface area contributed by atoms with Crippen LogP contribution in [0.2, 0.25) is 0 Å². The van der Waals surface area contributed by atoms with Crippen molar-refractivity contribution in [2.24, 2.45) is 0 Å². The minimum atomic E-state index is -4.41. The van der Waals surface area contributed by atoms with Crippen LogP contribution in [0.5, 0.6) is 0 Å². The number of anilines is 1. The van der Waals surface area contributed by atoms with Crippen molar-refractivity contribution in [2.75, 3.05) is 25.0 Å². The van der Waals surface area contributed by atoms with Gasteiger partial charge in [0.15, 0.2) is 0 Å². The second kappa shape index (κ2) is 6.35. The lowest BCUT2D eigenvalue weighted by Crippen LogP contribution is -2.53. The molecular formula is C14H16F3N3O2. The molecule has 0 unspecified atom stereocenters. The summed E-state index contributed by atoms with van der Waals surface area (Å²) in [6.45, 7) is 2.80. The molecule has 0 bridgehead atoms. The fourth-order valence-corrected chi connectivity index (χ4v) is 2.14. The van der Waals surface area contributed by atoms with E-state index in [1.165, 1.54) is 12.1 Å². The molecule has 0 saturated carbocycles. The molecule has 5 nitrogen and oxygen atoms in total. The summed E-state index contributed by atoms with van der Waals surface area (Å²) < 4.78 is 37.4. The Balaban J connectivity index is 1.97. The molecule has 0 aliphatic carbocycles. The summed E-state index contributed by atoms with van der Waals surface area (Å²) in [7, 11) is 0. The fraction of sp³-hybridized carbons (Fsp3) is 0.429. The van der Waals surface area contributed by atoms with Crippen LogP contribution >= 0.6 is 0 Å². The Morgan fingerprint density at radius 3 is 2.50 bits per heavy atom. The first-order chi connectivity index (χ1) is 10.3. The summed E-state index contributed by atoms with van der Waals surface area (Å²) in [5, 5.41) is 5.21. The summed E-state index contributed by atoms with van der Waals surface area (Å²) in [5.41, 5.74) is -0.488. The minimum Gasteiger partial charge on any atom is -0.354 e. The maximum Gasteiger partial charge on any atom is 0.416 e. The van der Waals surface area contributed by atoms with Crippen molar-refractivity contribution in [1.29, 1.82) is 0 Å². The van der Waals surface area contributed by atoms with Gasteiger partial charge in [-0.3, -0.25) is 14.5 Å². The van der Waals surface area contributed by atoms with E-state index < -0.39 is 17.8 Å². The second-order valence-electron chi connectivity index (χ2n) is 5.06. The van der Waals surface area contributed by atoms with Crippen molar-refractivity contribution in [2.45, 2.75) is 19.1 Å². The summed E-state index contributed by atoms with van der Waals surface area (Å²) in [4.78, 5) is 25.1. The monoisotopic (exact) mass is 315 g/mol. The molecule has 8 heteroatoms. The number of alkyl halides is 3. The standard InChI is InChI=1S/C14H16F3N3O2/c1-9(20-7-6-18-12(21)8-20)13(22)19-11-4-2-10(3-5-11)14(15,16)17/h2-5,9H,6-8H2,1H3,(H,18,21)(H,19,22)/t9-/m1/s1. The predicted octanol–water partition coefficient (Wildman–Crippen LogP) is 1.46. The average molecular weight is 315 g/mol. The fourth-order valence-electron chi connectivity index (χ4n) is 2.14. The molecule has 1 fully saturated rings. The summed E-state index contributed by atoms with van der Waals surface area (Å²) in [6, 6.07) is 3.68. The van der Waals surface area contributed by atoms with Gasteiger partial charge in [0.25, 0.3) is 0 Å². The SMILES string of the molecule is C[C@H](C(=O)Nc1ccc(C(F)(F)F)cc1)N1CCNC(=O)C1. The van der Waals surface area contributed by atoms with Gasteiger partial charge in [0.05, 0.1) is 18.2 Å². The maximum atomic E-state index is 12.5. The molecule has 1 aliphatic rings. The molecule has 0 spiro atoms. The van der Waals surface area contributed by atoms with Crippen LogP contribution < -0.4 is 10.6 Å². The molecule has 1 aromatic carbocycles. The van der Waals surface area contributed by atoms with Crippen LogP contribution in [0.4, 0.5) is 18.9 Å². The molecule has 120 valence electrons. The Bertz CT molecular complexity index is 557. The molecule has 0 aromatic heterocycles. The molecular weight excluding hydrogens is 299 g/mol. The molecule has 1 atom stereocenters. The van der Waals surface area contributed by atoms with Gasteiger partial charge in [0.1, 0.15) is 0 Å². The van der Waals surface area contributed by atoms with Gasteiger partial charge < -0.3 is 10.6 Å². The van der Waals surface area contributed by atoms with E-state index in [0.29, 0.717) is 13.1 Å². The molecule has 0 radical (unpaired) electrons. The van der Waals surface area contributed by atoms with Crippen LogP contribution in [-0.4, -0.2) is 42.4 Å². The van der Waals surface area contributed by atoms with Crippen molar-refractivity contribution in [3.8, 4) is 0 Å². The van der Waals surface area contributed by atoms with Crippen molar-refractivity contribution in [1.82, 2.24) is 10.2 Å². The quantitative estimate of drug-likeness (QED) is 0.888. The van der Waals surface area contributed by atoms with Gasteiger partial charge >= 0.3 is 6.18 Å². The van der Waals surface area contributed by atoms with Crippen LogP contribution in [0.15, 0.2) is 24.3 Å². The van der Waals surface area contributed by atoms with E-state index in [-0.39, 0.29) is 24.0 Å².